The lowest BCUT2D eigenvalue weighted by Gasteiger charge is -2.25. The Bertz CT molecular complexity index is 564. The largest absolute Gasteiger partial charge is 0.309 e. The average molecular weight is 314 g/mol. The van der Waals surface area contributed by atoms with E-state index in [1.807, 2.05) is 31.8 Å². The lowest BCUT2D eigenvalue weighted by molar-refractivity contribution is 0.434. The Morgan fingerprint density at radius 2 is 2.14 bits per heavy atom. The number of hydrogen-bond acceptors (Lipinski definition) is 4. The third kappa shape index (κ3) is 3.64. The Morgan fingerprint density at radius 1 is 1.43 bits per heavy atom. The van der Waals surface area contributed by atoms with Gasteiger partial charge in [-0.2, -0.15) is 5.10 Å². The molecule has 21 heavy (non-hydrogen) atoms. The summed E-state index contributed by atoms with van der Waals surface area (Å²) in [5, 5.41) is 7.70. The zero-order valence-electron chi connectivity index (χ0n) is 13.2. The molecule has 0 saturated heterocycles. The topological polar surface area (TPSA) is 67.2 Å². The Hall–Kier alpha value is -0.920. The summed E-state index contributed by atoms with van der Waals surface area (Å²) in [6.07, 6.45) is 5.13. The normalized spacial score (nSPS) is 19.0. The summed E-state index contributed by atoms with van der Waals surface area (Å²) in [7, 11) is -1.18. The minimum Gasteiger partial charge on any atom is -0.309 e. The number of nitrogens with zero attached hydrogens (tertiary/aromatic N) is 3. The van der Waals surface area contributed by atoms with Crippen LogP contribution in [-0.2, 0) is 23.5 Å². The zero-order chi connectivity index (χ0) is 15.5. The molecule has 0 fully saturated rings. The van der Waals surface area contributed by atoms with Gasteiger partial charge in [0.25, 0.3) is 0 Å². The minimum absolute atomic E-state index is 0.154. The fraction of sp³-hybridized carbons (Fsp3) is 0.786. The third-order valence-corrected chi connectivity index (χ3v) is 6.25. The summed E-state index contributed by atoms with van der Waals surface area (Å²) in [6, 6.07) is 0.231. The molecule has 1 aromatic heterocycles. The number of nitrogens with one attached hydrogen (secondary N) is 1. The molecule has 1 N–H and O–H groups in total. The third-order valence-electron chi connectivity index (χ3n) is 4.23. The van der Waals surface area contributed by atoms with Gasteiger partial charge in [-0.1, -0.05) is 13.8 Å². The van der Waals surface area contributed by atoms with E-state index in [1.165, 1.54) is 15.6 Å². The van der Waals surface area contributed by atoms with E-state index in [-0.39, 0.29) is 11.8 Å². The van der Waals surface area contributed by atoms with Gasteiger partial charge in [-0.15, -0.1) is 0 Å². The molecular formula is C14H26N4O2S. The Balaban J connectivity index is 1.93. The van der Waals surface area contributed by atoms with Gasteiger partial charge in [0.2, 0.25) is 10.0 Å². The van der Waals surface area contributed by atoms with Crippen molar-refractivity contribution in [3.05, 3.63) is 17.5 Å². The lowest BCUT2D eigenvalue weighted by atomic mass is 9.93. The highest BCUT2D eigenvalue weighted by atomic mass is 32.2. The molecule has 1 aliphatic carbocycles. The molecule has 0 spiro atoms. The van der Waals surface area contributed by atoms with Gasteiger partial charge < -0.3 is 5.32 Å². The first kappa shape index (κ1) is 16.5. The molecule has 1 atom stereocenters. The van der Waals surface area contributed by atoms with Crippen molar-refractivity contribution < 1.29 is 8.42 Å². The fourth-order valence-corrected chi connectivity index (χ4v) is 4.45. The van der Waals surface area contributed by atoms with E-state index in [0.717, 1.165) is 19.3 Å². The fourth-order valence-electron chi connectivity index (χ4n) is 3.03. The molecule has 0 aliphatic heterocycles. The standard InChI is InChI=1S/C14H26N4O2S/c1-4-18(5-2)21(19,20)10-9-15-13-7-6-8-14-12(13)11-16-17(14)3/h11,13,15H,4-10H2,1-3H3. The van der Waals surface area contributed by atoms with Gasteiger partial charge in [-0.05, 0) is 19.3 Å². The molecule has 0 amide bonds. The molecule has 7 heteroatoms. The van der Waals surface area contributed by atoms with Crippen molar-refractivity contribution >= 4 is 10.0 Å². The summed E-state index contributed by atoms with van der Waals surface area (Å²) < 4.78 is 27.8. The molecule has 1 unspecified atom stereocenters. The first-order chi connectivity index (χ1) is 9.99. The quantitative estimate of drug-likeness (QED) is 0.817. The number of rotatable bonds is 7. The van der Waals surface area contributed by atoms with Crippen LogP contribution in [0.2, 0.25) is 0 Å². The van der Waals surface area contributed by atoms with Crippen LogP contribution in [0.15, 0.2) is 6.20 Å². The number of aryl methyl sites for hydroxylation is 1. The molecule has 1 aliphatic rings. The predicted molar refractivity (Wildman–Crippen MR) is 83.6 cm³/mol. The van der Waals surface area contributed by atoms with E-state index in [2.05, 4.69) is 10.4 Å². The highest BCUT2D eigenvalue weighted by Crippen LogP contribution is 2.28. The Morgan fingerprint density at radius 3 is 2.81 bits per heavy atom. The van der Waals surface area contributed by atoms with E-state index >= 15 is 0 Å². The van der Waals surface area contributed by atoms with Gasteiger partial charge in [-0.3, -0.25) is 4.68 Å². The average Bonchev–Trinajstić information content (AvgIpc) is 2.82. The lowest BCUT2D eigenvalue weighted by Crippen LogP contribution is -2.37. The van der Waals surface area contributed by atoms with Crippen LogP contribution in [-0.4, -0.2) is 47.9 Å². The van der Waals surface area contributed by atoms with Gasteiger partial charge in [0.05, 0.1) is 11.9 Å². The van der Waals surface area contributed by atoms with E-state index in [9.17, 15) is 8.42 Å². The smallest absolute Gasteiger partial charge is 0.215 e. The SMILES string of the molecule is CCN(CC)S(=O)(=O)CCNC1CCCc2c1cnn2C. The second-order valence-electron chi connectivity index (χ2n) is 5.47. The van der Waals surface area contributed by atoms with E-state index < -0.39 is 10.0 Å². The van der Waals surface area contributed by atoms with Crippen molar-refractivity contribution in [2.75, 3.05) is 25.4 Å². The van der Waals surface area contributed by atoms with Crippen LogP contribution in [0.4, 0.5) is 0 Å². The summed E-state index contributed by atoms with van der Waals surface area (Å²) in [5.74, 6) is 0.154. The van der Waals surface area contributed by atoms with Gasteiger partial charge >= 0.3 is 0 Å². The number of fused-ring (bicyclic) bond motifs is 1. The highest BCUT2D eigenvalue weighted by molar-refractivity contribution is 7.89. The number of sulfonamides is 1. The maximum absolute atomic E-state index is 12.2. The molecule has 2 rings (SSSR count). The van der Waals surface area contributed by atoms with Crippen LogP contribution < -0.4 is 5.32 Å². The highest BCUT2D eigenvalue weighted by Gasteiger charge is 2.24. The van der Waals surface area contributed by atoms with Gasteiger partial charge in [0.15, 0.2) is 0 Å². The van der Waals surface area contributed by atoms with Crippen LogP contribution in [0.25, 0.3) is 0 Å². The Kier molecular flexibility index (Phi) is 5.40. The molecule has 0 radical (unpaired) electrons. The first-order valence-corrected chi connectivity index (χ1v) is 9.32. The van der Waals surface area contributed by atoms with E-state index in [0.29, 0.717) is 19.6 Å². The van der Waals surface area contributed by atoms with Crippen molar-refractivity contribution in [2.24, 2.45) is 7.05 Å². The van der Waals surface area contributed by atoms with Crippen molar-refractivity contribution in [3.63, 3.8) is 0 Å². The monoisotopic (exact) mass is 314 g/mol. The summed E-state index contributed by atoms with van der Waals surface area (Å²) >= 11 is 0. The van der Waals surface area contributed by atoms with Gasteiger partial charge in [0.1, 0.15) is 0 Å². The molecule has 1 aromatic rings. The van der Waals surface area contributed by atoms with Gasteiger partial charge in [0, 0.05) is 44.0 Å². The second kappa shape index (κ2) is 6.89. The van der Waals surface area contributed by atoms with Crippen LogP contribution in [0.3, 0.4) is 0 Å². The predicted octanol–water partition coefficient (Wildman–Crippen LogP) is 1.06. The number of aromatic nitrogens is 2. The summed E-state index contributed by atoms with van der Waals surface area (Å²) in [5.41, 5.74) is 2.49. The maximum Gasteiger partial charge on any atom is 0.215 e. The summed E-state index contributed by atoms with van der Waals surface area (Å²) in [4.78, 5) is 0. The molecule has 6 nitrogen and oxygen atoms in total. The summed E-state index contributed by atoms with van der Waals surface area (Å²) in [6.45, 7) is 5.30. The van der Waals surface area contributed by atoms with Crippen molar-refractivity contribution in [1.29, 1.82) is 0 Å². The molecule has 0 saturated carbocycles. The maximum atomic E-state index is 12.2. The van der Waals surface area contributed by atoms with Crippen molar-refractivity contribution in [3.8, 4) is 0 Å². The number of hydrogen-bond donors (Lipinski definition) is 1. The van der Waals surface area contributed by atoms with Crippen LogP contribution in [0, 0.1) is 0 Å². The van der Waals surface area contributed by atoms with Crippen LogP contribution in [0.5, 0.6) is 0 Å². The zero-order valence-corrected chi connectivity index (χ0v) is 14.0. The van der Waals surface area contributed by atoms with Crippen molar-refractivity contribution in [1.82, 2.24) is 19.4 Å². The Labute approximate surface area is 127 Å². The molecule has 1 heterocycles. The molecular weight excluding hydrogens is 288 g/mol. The minimum atomic E-state index is -3.15. The molecule has 0 bridgehead atoms. The van der Waals surface area contributed by atoms with Crippen molar-refractivity contribution in [2.45, 2.75) is 39.2 Å². The molecule has 0 aromatic carbocycles. The van der Waals surface area contributed by atoms with Crippen LogP contribution in [0.1, 0.15) is 44.0 Å². The van der Waals surface area contributed by atoms with Gasteiger partial charge in [-0.25, -0.2) is 12.7 Å². The van der Waals surface area contributed by atoms with E-state index in [1.54, 1.807) is 0 Å². The molecule has 120 valence electrons. The first-order valence-electron chi connectivity index (χ1n) is 7.71. The second-order valence-corrected chi connectivity index (χ2v) is 7.56. The van der Waals surface area contributed by atoms with E-state index in [4.69, 9.17) is 0 Å². The van der Waals surface area contributed by atoms with Crippen LogP contribution >= 0.6 is 0 Å².